The maximum Gasteiger partial charge on any atom is 0.220 e. The molecule has 0 spiro atoms. The number of nitrogens with zero attached hydrogens (tertiary/aromatic N) is 1. The number of rotatable bonds is 5. The van der Waals surface area contributed by atoms with Crippen LogP contribution in [0.2, 0.25) is 0 Å². The molecule has 0 fully saturated rings. The van der Waals surface area contributed by atoms with Crippen molar-refractivity contribution in [3.63, 3.8) is 0 Å². The van der Waals surface area contributed by atoms with Gasteiger partial charge in [0, 0.05) is 12.6 Å². The first kappa shape index (κ1) is 11.8. The molecule has 0 unspecified atom stereocenters. The summed E-state index contributed by atoms with van der Waals surface area (Å²) in [4.78, 5) is 15.7. The molecule has 0 aliphatic carbocycles. The molecule has 4 heteroatoms. The van der Waals surface area contributed by atoms with Gasteiger partial charge in [0.2, 0.25) is 5.91 Å². The quantitative estimate of drug-likeness (QED) is 0.880. The van der Waals surface area contributed by atoms with E-state index in [0.717, 1.165) is 12.1 Å². The Hall–Kier alpha value is -1.68. The van der Waals surface area contributed by atoms with Gasteiger partial charge in [0.15, 0.2) is 0 Å². The third-order valence-corrected chi connectivity index (χ3v) is 3.15. The minimum atomic E-state index is 0.0712. The fraction of sp³-hybridized carbons (Fsp3) is 0.231. The van der Waals surface area contributed by atoms with Crippen LogP contribution in [0.3, 0.4) is 0 Å². The highest BCUT2D eigenvalue weighted by molar-refractivity contribution is 7.07. The van der Waals surface area contributed by atoms with Crippen LogP contribution in [0.5, 0.6) is 0 Å². The first-order valence-corrected chi connectivity index (χ1v) is 6.46. The number of aromatic nitrogens is 1. The number of aryl methyl sites for hydroxylation is 1. The Balaban J connectivity index is 1.71. The Bertz CT molecular complexity index is 454. The van der Waals surface area contributed by atoms with Gasteiger partial charge in [-0.25, -0.2) is 0 Å². The Morgan fingerprint density at radius 2 is 2.29 bits per heavy atom. The zero-order valence-electron chi connectivity index (χ0n) is 9.43. The highest BCUT2D eigenvalue weighted by Crippen LogP contribution is 2.08. The lowest BCUT2D eigenvalue weighted by Crippen LogP contribution is -2.23. The van der Waals surface area contributed by atoms with Gasteiger partial charge in [0.1, 0.15) is 0 Å². The van der Waals surface area contributed by atoms with E-state index in [1.807, 2.05) is 23.6 Å². The van der Waals surface area contributed by atoms with Crippen LogP contribution in [0.25, 0.3) is 0 Å². The molecular weight excluding hydrogens is 232 g/mol. The number of hydrogen-bond donors (Lipinski definition) is 1. The zero-order chi connectivity index (χ0) is 11.9. The fourth-order valence-electron chi connectivity index (χ4n) is 1.47. The van der Waals surface area contributed by atoms with Crippen LogP contribution in [0, 0.1) is 0 Å². The number of pyridine rings is 1. The average molecular weight is 246 g/mol. The van der Waals surface area contributed by atoms with E-state index >= 15 is 0 Å². The lowest BCUT2D eigenvalue weighted by atomic mass is 10.2. The Morgan fingerprint density at radius 3 is 3.00 bits per heavy atom. The normalized spacial score (nSPS) is 10.1. The molecule has 88 valence electrons. The van der Waals surface area contributed by atoms with Crippen molar-refractivity contribution in [3.05, 3.63) is 52.5 Å². The first-order chi connectivity index (χ1) is 8.34. The number of nitrogens with one attached hydrogen (secondary N) is 1. The fourth-order valence-corrected chi connectivity index (χ4v) is 2.18. The minimum Gasteiger partial charge on any atom is -0.350 e. The lowest BCUT2D eigenvalue weighted by molar-refractivity contribution is -0.121. The van der Waals surface area contributed by atoms with E-state index in [1.165, 1.54) is 5.56 Å². The topological polar surface area (TPSA) is 42.0 Å². The van der Waals surface area contributed by atoms with Gasteiger partial charge in [-0.3, -0.25) is 9.78 Å². The van der Waals surface area contributed by atoms with E-state index in [-0.39, 0.29) is 5.91 Å². The number of amides is 1. The number of thiophene rings is 1. The van der Waals surface area contributed by atoms with E-state index < -0.39 is 0 Å². The summed E-state index contributed by atoms with van der Waals surface area (Å²) in [5.41, 5.74) is 2.11. The second kappa shape index (κ2) is 6.15. The number of carbonyl (C=O) groups is 1. The summed E-state index contributed by atoms with van der Waals surface area (Å²) in [7, 11) is 0. The van der Waals surface area contributed by atoms with Crippen LogP contribution < -0.4 is 5.32 Å². The molecule has 0 bridgehead atoms. The van der Waals surface area contributed by atoms with Crippen molar-refractivity contribution >= 4 is 17.2 Å². The van der Waals surface area contributed by atoms with Gasteiger partial charge in [-0.15, -0.1) is 0 Å². The van der Waals surface area contributed by atoms with Crippen LogP contribution in [-0.2, 0) is 17.8 Å². The van der Waals surface area contributed by atoms with Crippen LogP contribution >= 0.6 is 11.3 Å². The molecule has 0 aromatic carbocycles. The molecule has 2 aromatic heterocycles. The minimum absolute atomic E-state index is 0.0712. The van der Waals surface area contributed by atoms with Crippen molar-refractivity contribution in [2.24, 2.45) is 0 Å². The monoisotopic (exact) mass is 246 g/mol. The number of carbonyl (C=O) groups excluding carboxylic acids is 1. The molecule has 0 saturated carbocycles. The third kappa shape index (κ3) is 4.00. The van der Waals surface area contributed by atoms with E-state index in [0.29, 0.717) is 13.0 Å². The summed E-state index contributed by atoms with van der Waals surface area (Å²) >= 11 is 1.66. The van der Waals surface area contributed by atoms with Crippen LogP contribution in [-0.4, -0.2) is 10.9 Å². The molecule has 0 atom stereocenters. The number of hydrogen-bond acceptors (Lipinski definition) is 3. The lowest BCUT2D eigenvalue weighted by Gasteiger charge is -2.03. The Kier molecular flexibility index (Phi) is 4.27. The largest absolute Gasteiger partial charge is 0.350 e. The Labute approximate surface area is 105 Å². The highest BCUT2D eigenvalue weighted by atomic mass is 32.1. The van der Waals surface area contributed by atoms with Crippen LogP contribution in [0.1, 0.15) is 17.7 Å². The summed E-state index contributed by atoms with van der Waals surface area (Å²) in [5.74, 6) is 0.0712. The molecule has 1 N–H and O–H groups in total. The molecule has 3 nitrogen and oxygen atoms in total. The standard InChI is InChI=1S/C13H14N2OS/c16-13(5-4-11-6-8-17-10-11)15-9-12-3-1-2-7-14-12/h1-3,6-8,10H,4-5,9H2,(H,15,16). The van der Waals surface area contributed by atoms with Gasteiger partial charge < -0.3 is 5.32 Å². The summed E-state index contributed by atoms with van der Waals surface area (Å²) in [6, 6.07) is 7.73. The smallest absolute Gasteiger partial charge is 0.220 e. The first-order valence-electron chi connectivity index (χ1n) is 5.52. The van der Waals surface area contributed by atoms with Crippen molar-refractivity contribution in [2.75, 3.05) is 0 Å². The van der Waals surface area contributed by atoms with Gasteiger partial charge in [-0.05, 0) is 40.9 Å². The molecule has 0 saturated heterocycles. The third-order valence-electron chi connectivity index (χ3n) is 2.41. The van der Waals surface area contributed by atoms with Gasteiger partial charge >= 0.3 is 0 Å². The molecule has 0 aliphatic heterocycles. The Morgan fingerprint density at radius 1 is 1.35 bits per heavy atom. The molecule has 2 rings (SSSR count). The van der Waals surface area contributed by atoms with Crippen molar-refractivity contribution in [1.29, 1.82) is 0 Å². The van der Waals surface area contributed by atoms with Crippen molar-refractivity contribution in [1.82, 2.24) is 10.3 Å². The molecule has 0 aliphatic rings. The maximum atomic E-state index is 11.6. The molecule has 2 aromatic rings. The van der Waals surface area contributed by atoms with Crippen LogP contribution in [0.15, 0.2) is 41.2 Å². The molecule has 17 heavy (non-hydrogen) atoms. The predicted molar refractivity (Wildman–Crippen MR) is 68.7 cm³/mol. The highest BCUT2D eigenvalue weighted by Gasteiger charge is 2.02. The van der Waals surface area contributed by atoms with E-state index in [9.17, 15) is 4.79 Å². The molecular formula is C13H14N2OS. The van der Waals surface area contributed by atoms with Gasteiger partial charge in [-0.1, -0.05) is 6.07 Å². The van der Waals surface area contributed by atoms with Gasteiger partial charge in [0.05, 0.1) is 12.2 Å². The average Bonchev–Trinajstić information content (AvgIpc) is 2.88. The molecule has 2 heterocycles. The second-order valence-electron chi connectivity index (χ2n) is 3.73. The van der Waals surface area contributed by atoms with Crippen molar-refractivity contribution in [3.8, 4) is 0 Å². The van der Waals surface area contributed by atoms with Crippen LogP contribution in [0.4, 0.5) is 0 Å². The van der Waals surface area contributed by atoms with Crippen molar-refractivity contribution in [2.45, 2.75) is 19.4 Å². The van der Waals surface area contributed by atoms with E-state index in [2.05, 4.69) is 21.7 Å². The SMILES string of the molecule is O=C(CCc1ccsc1)NCc1ccccn1. The van der Waals surface area contributed by atoms with E-state index in [4.69, 9.17) is 0 Å². The summed E-state index contributed by atoms with van der Waals surface area (Å²) in [6.45, 7) is 0.503. The zero-order valence-corrected chi connectivity index (χ0v) is 10.2. The molecule has 1 amide bonds. The summed E-state index contributed by atoms with van der Waals surface area (Å²) in [5, 5.41) is 6.97. The molecule has 0 radical (unpaired) electrons. The summed E-state index contributed by atoms with van der Waals surface area (Å²) < 4.78 is 0. The summed E-state index contributed by atoms with van der Waals surface area (Å²) in [6.07, 6.45) is 3.06. The van der Waals surface area contributed by atoms with Gasteiger partial charge in [-0.2, -0.15) is 11.3 Å². The van der Waals surface area contributed by atoms with Gasteiger partial charge in [0.25, 0.3) is 0 Å². The second-order valence-corrected chi connectivity index (χ2v) is 4.51. The van der Waals surface area contributed by atoms with E-state index in [1.54, 1.807) is 17.5 Å². The van der Waals surface area contributed by atoms with Crippen molar-refractivity contribution < 1.29 is 4.79 Å². The maximum absolute atomic E-state index is 11.6. The predicted octanol–water partition coefficient (Wildman–Crippen LogP) is 2.39.